The van der Waals surface area contributed by atoms with E-state index in [1.54, 1.807) is 14.0 Å². The third kappa shape index (κ3) is 4.37. The Balaban J connectivity index is 2.62. The van der Waals surface area contributed by atoms with E-state index >= 15 is 0 Å². The lowest BCUT2D eigenvalue weighted by atomic mass is 10.0. The summed E-state index contributed by atoms with van der Waals surface area (Å²) in [5, 5.41) is 5.01. The number of ether oxygens (including phenoxy) is 1. The van der Waals surface area contributed by atoms with Crippen molar-refractivity contribution in [3.8, 4) is 0 Å². The van der Waals surface area contributed by atoms with Crippen LogP contribution >= 0.6 is 0 Å². The van der Waals surface area contributed by atoms with Crippen molar-refractivity contribution in [2.75, 3.05) is 20.2 Å². The average molecular weight is 264 g/mol. The van der Waals surface area contributed by atoms with Crippen LogP contribution in [-0.2, 0) is 14.3 Å². The SMILES string of the molecule is CCNC(=O)C(=O)NCC(OC)c1ccccc1C. The van der Waals surface area contributed by atoms with Crippen molar-refractivity contribution < 1.29 is 14.3 Å². The molecule has 5 heteroatoms. The zero-order valence-corrected chi connectivity index (χ0v) is 11.5. The molecule has 2 amide bonds. The highest BCUT2D eigenvalue weighted by Gasteiger charge is 2.17. The van der Waals surface area contributed by atoms with Crippen molar-refractivity contribution in [1.82, 2.24) is 10.6 Å². The van der Waals surface area contributed by atoms with E-state index in [9.17, 15) is 9.59 Å². The van der Waals surface area contributed by atoms with Crippen molar-refractivity contribution in [3.63, 3.8) is 0 Å². The molecule has 0 fully saturated rings. The first-order valence-corrected chi connectivity index (χ1v) is 6.24. The van der Waals surface area contributed by atoms with Gasteiger partial charge in [0.2, 0.25) is 0 Å². The largest absolute Gasteiger partial charge is 0.375 e. The third-order valence-corrected chi connectivity index (χ3v) is 2.81. The summed E-state index contributed by atoms with van der Waals surface area (Å²) in [5.74, 6) is -1.26. The molecule has 1 atom stereocenters. The molecular formula is C14H20N2O3. The molecule has 1 unspecified atom stereocenters. The van der Waals surface area contributed by atoms with Crippen LogP contribution in [0.15, 0.2) is 24.3 Å². The molecule has 0 saturated carbocycles. The fraction of sp³-hybridized carbons (Fsp3) is 0.429. The number of hydrogen-bond acceptors (Lipinski definition) is 3. The molecule has 2 N–H and O–H groups in total. The molecule has 0 heterocycles. The van der Waals surface area contributed by atoms with Crippen molar-refractivity contribution in [2.45, 2.75) is 20.0 Å². The summed E-state index contributed by atoms with van der Waals surface area (Å²) < 4.78 is 5.36. The number of aryl methyl sites for hydroxylation is 1. The molecule has 19 heavy (non-hydrogen) atoms. The standard InChI is InChI=1S/C14H20N2O3/c1-4-15-13(17)14(18)16-9-12(19-3)11-8-6-5-7-10(11)2/h5-8,12H,4,9H2,1-3H3,(H,15,17)(H,16,18). The second-order valence-corrected chi connectivity index (χ2v) is 4.15. The fourth-order valence-corrected chi connectivity index (χ4v) is 1.77. The number of likely N-dealkylation sites (N-methyl/N-ethyl adjacent to an activating group) is 1. The van der Waals surface area contributed by atoms with Crippen LogP contribution < -0.4 is 10.6 Å². The van der Waals surface area contributed by atoms with Crippen molar-refractivity contribution in [2.24, 2.45) is 0 Å². The number of benzene rings is 1. The molecule has 5 nitrogen and oxygen atoms in total. The molecular weight excluding hydrogens is 244 g/mol. The normalized spacial score (nSPS) is 11.7. The smallest absolute Gasteiger partial charge is 0.309 e. The molecule has 104 valence electrons. The molecule has 0 saturated heterocycles. The van der Waals surface area contributed by atoms with E-state index in [0.717, 1.165) is 11.1 Å². The fourth-order valence-electron chi connectivity index (χ4n) is 1.77. The molecule has 0 bridgehead atoms. The monoisotopic (exact) mass is 264 g/mol. The van der Waals surface area contributed by atoms with Gasteiger partial charge in [-0.2, -0.15) is 0 Å². The number of rotatable bonds is 5. The number of carbonyl (C=O) groups is 2. The Morgan fingerprint density at radius 2 is 1.84 bits per heavy atom. The van der Waals surface area contributed by atoms with Gasteiger partial charge in [-0.1, -0.05) is 24.3 Å². The zero-order valence-electron chi connectivity index (χ0n) is 11.5. The summed E-state index contributed by atoms with van der Waals surface area (Å²) in [6.07, 6.45) is -0.264. The summed E-state index contributed by atoms with van der Waals surface area (Å²) >= 11 is 0. The van der Waals surface area contributed by atoms with E-state index in [4.69, 9.17) is 4.74 Å². The van der Waals surface area contributed by atoms with Crippen LogP contribution in [0.3, 0.4) is 0 Å². The maximum atomic E-state index is 11.5. The number of carbonyl (C=O) groups excluding carboxylic acids is 2. The Bertz CT molecular complexity index is 446. The quantitative estimate of drug-likeness (QED) is 0.778. The lowest BCUT2D eigenvalue weighted by Crippen LogP contribution is -2.41. The van der Waals surface area contributed by atoms with Gasteiger partial charge in [0.15, 0.2) is 0 Å². The van der Waals surface area contributed by atoms with Crippen LogP contribution in [0.4, 0.5) is 0 Å². The van der Waals surface area contributed by atoms with Crippen LogP contribution in [0.1, 0.15) is 24.2 Å². The van der Waals surface area contributed by atoms with Crippen molar-refractivity contribution in [3.05, 3.63) is 35.4 Å². The number of nitrogens with one attached hydrogen (secondary N) is 2. The minimum Gasteiger partial charge on any atom is -0.375 e. The Labute approximate surface area is 113 Å². The third-order valence-electron chi connectivity index (χ3n) is 2.81. The highest BCUT2D eigenvalue weighted by Crippen LogP contribution is 2.19. The molecule has 0 radical (unpaired) electrons. The van der Waals surface area contributed by atoms with E-state index in [1.807, 2.05) is 31.2 Å². The summed E-state index contributed by atoms with van der Waals surface area (Å²) in [5.41, 5.74) is 2.09. The van der Waals surface area contributed by atoms with E-state index in [0.29, 0.717) is 6.54 Å². The molecule has 0 spiro atoms. The van der Waals surface area contributed by atoms with Crippen LogP contribution in [0.5, 0.6) is 0 Å². The molecule has 1 rings (SSSR count). The van der Waals surface area contributed by atoms with Gasteiger partial charge in [0, 0.05) is 20.2 Å². The Hall–Kier alpha value is -1.88. The van der Waals surface area contributed by atoms with Gasteiger partial charge in [0.05, 0.1) is 6.10 Å². The first-order chi connectivity index (χ1) is 9.10. The highest BCUT2D eigenvalue weighted by molar-refractivity contribution is 6.35. The van der Waals surface area contributed by atoms with Crippen LogP contribution in [0, 0.1) is 6.92 Å². The van der Waals surface area contributed by atoms with Crippen molar-refractivity contribution in [1.29, 1.82) is 0 Å². The predicted molar refractivity (Wildman–Crippen MR) is 72.6 cm³/mol. The van der Waals surface area contributed by atoms with E-state index in [-0.39, 0.29) is 12.6 Å². The minimum absolute atomic E-state index is 0.261. The van der Waals surface area contributed by atoms with Gasteiger partial charge in [-0.05, 0) is 25.0 Å². The van der Waals surface area contributed by atoms with Gasteiger partial charge in [0.1, 0.15) is 0 Å². The van der Waals surface area contributed by atoms with E-state index < -0.39 is 11.8 Å². The van der Waals surface area contributed by atoms with Crippen LogP contribution in [-0.4, -0.2) is 32.0 Å². The van der Waals surface area contributed by atoms with Crippen LogP contribution in [0.25, 0.3) is 0 Å². The Morgan fingerprint density at radius 1 is 1.21 bits per heavy atom. The maximum Gasteiger partial charge on any atom is 0.309 e. The lowest BCUT2D eigenvalue weighted by Gasteiger charge is -2.18. The first kappa shape index (κ1) is 15.2. The molecule has 0 aliphatic rings. The van der Waals surface area contributed by atoms with Gasteiger partial charge >= 0.3 is 11.8 Å². The summed E-state index contributed by atoms with van der Waals surface area (Å²) in [4.78, 5) is 22.8. The Morgan fingerprint density at radius 3 is 2.42 bits per heavy atom. The second-order valence-electron chi connectivity index (χ2n) is 4.15. The molecule has 1 aromatic rings. The summed E-state index contributed by atoms with van der Waals surface area (Å²) in [6.45, 7) is 4.43. The van der Waals surface area contributed by atoms with Gasteiger partial charge in [-0.3, -0.25) is 9.59 Å². The predicted octanol–water partition coefficient (Wildman–Crippen LogP) is 0.935. The van der Waals surface area contributed by atoms with E-state index in [2.05, 4.69) is 10.6 Å². The minimum atomic E-state index is -0.641. The average Bonchev–Trinajstić information content (AvgIpc) is 2.41. The first-order valence-electron chi connectivity index (χ1n) is 6.24. The van der Waals surface area contributed by atoms with Crippen LogP contribution in [0.2, 0.25) is 0 Å². The molecule has 1 aromatic carbocycles. The summed E-state index contributed by atoms with van der Waals surface area (Å²) in [7, 11) is 1.58. The number of amides is 2. The molecule has 0 aromatic heterocycles. The van der Waals surface area contributed by atoms with Gasteiger partial charge in [-0.15, -0.1) is 0 Å². The maximum absolute atomic E-state index is 11.5. The lowest BCUT2D eigenvalue weighted by molar-refractivity contribution is -0.139. The Kier molecular flexibility index (Phi) is 6.02. The van der Waals surface area contributed by atoms with Gasteiger partial charge < -0.3 is 15.4 Å². The van der Waals surface area contributed by atoms with Gasteiger partial charge in [0.25, 0.3) is 0 Å². The topological polar surface area (TPSA) is 67.4 Å². The molecule has 0 aliphatic carbocycles. The zero-order chi connectivity index (χ0) is 14.3. The van der Waals surface area contributed by atoms with Crippen molar-refractivity contribution >= 4 is 11.8 Å². The number of hydrogen-bond donors (Lipinski definition) is 2. The van der Waals surface area contributed by atoms with E-state index in [1.165, 1.54) is 0 Å². The summed E-state index contributed by atoms with van der Waals surface area (Å²) in [6, 6.07) is 7.79. The molecule has 0 aliphatic heterocycles. The number of methoxy groups -OCH3 is 1. The highest BCUT2D eigenvalue weighted by atomic mass is 16.5. The van der Waals surface area contributed by atoms with Gasteiger partial charge in [-0.25, -0.2) is 0 Å². The second kappa shape index (κ2) is 7.53.